The highest BCUT2D eigenvalue weighted by Crippen LogP contribution is 2.22. The number of hydrogen-bond acceptors (Lipinski definition) is 4. The molecule has 5 heteroatoms. The molecule has 2 aliphatic rings. The molecule has 5 nitrogen and oxygen atoms in total. The summed E-state index contributed by atoms with van der Waals surface area (Å²) in [5.74, 6) is -0.311. The van der Waals surface area contributed by atoms with Gasteiger partial charge in [0.25, 0.3) is 0 Å². The Morgan fingerprint density at radius 3 is 2.61 bits per heavy atom. The van der Waals surface area contributed by atoms with Crippen LogP contribution in [-0.2, 0) is 14.3 Å². The standard InChI is InChI=1S/C13H20N2O3/c1-9(10-7-14-8-10)12(16)15-6-4-3-5-11(15)13(17)18-2/h11,14H,3-8H2,1-2H3. The Morgan fingerprint density at radius 2 is 2.06 bits per heavy atom. The van der Waals surface area contributed by atoms with Gasteiger partial charge in [0.2, 0.25) is 5.91 Å². The van der Waals surface area contributed by atoms with Gasteiger partial charge in [-0.2, -0.15) is 0 Å². The van der Waals surface area contributed by atoms with Gasteiger partial charge >= 0.3 is 5.97 Å². The van der Waals surface area contributed by atoms with Gasteiger partial charge in [0.05, 0.1) is 7.11 Å². The zero-order valence-corrected chi connectivity index (χ0v) is 11.0. The molecule has 2 fully saturated rings. The highest BCUT2D eigenvalue weighted by molar-refractivity contribution is 5.96. The first-order chi connectivity index (χ1) is 8.65. The van der Waals surface area contributed by atoms with Crippen LogP contribution in [0, 0.1) is 0 Å². The van der Waals surface area contributed by atoms with Crippen LogP contribution in [0.5, 0.6) is 0 Å². The van der Waals surface area contributed by atoms with E-state index in [9.17, 15) is 9.59 Å². The molecule has 100 valence electrons. The van der Waals surface area contributed by atoms with Gasteiger partial charge in [-0.05, 0) is 31.8 Å². The molecular formula is C13H20N2O3. The van der Waals surface area contributed by atoms with Crippen molar-refractivity contribution in [3.8, 4) is 0 Å². The van der Waals surface area contributed by atoms with Crippen LogP contribution in [0.3, 0.4) is 0 Å². The Balaban J connectivity index is 2.13. The second-order valence-corrected chi connectivity index (χ2v) is 4.87. The second kappa shape index (κ2) is 5.52. The van der Waals surface area contributed by atoms with E-state index in [1.165, 1.54) is 7.11 Å². The van der Waals surface area contributed by atoms with E-state index in [2.05, 4.69) is 5.32 Å². The summed E-state index contributed by atoms with van der Waals surface area (Å²) in [5.41, 5.74) is 1.93. The number of amides is 1. The lowest BCUT2D eigenvalue weighted by Gasteiger charge is -2.35. The summed E-state index contributed by atoms with van der Waals surface area (Å²) in [5, 5.41) is 3.12. The lowest BCUT2D eigenvalue weighted by molar-refractivity contribution is -0.153. The summed E-state index contributed by atoms with van der Waals surface area (Å²) in [6.45, 7) is 4.07. The molecule has 0 aliphatic carbocycles. The smallest absolute Gasteiger partial charge is 0.328 e. The first kappa shape index (κ1) is 13.1. The molecule has 0 spiro atoms. The SMILES string of the molecule is COC(=O)C1CCCCN1C(=O)C(C)=C1CNC1. The highest BCUT2D eigenvalue weighted by atomic mass is 16.5. The minimum atomic E-state index is -0.403. The number of nitrogens with one attached hydrogen (secondary N) is 1. The van der Waals surface area contributed by atoms with Gasteiger partial charge in [-0.1, -0.05) is 0 Å². The van der Waals surface area contributed by atoms with E-state index in [0.717, 1.165) is 37.1 Å². The molecule has 1 atom stereocenters. The quantitative estimate of drug-likeness (QED) is 0.573. The molecule has 2 rings (SSSR count). The normalized spacial score (nSPS) is 23.3. The van der Waals surface area contributed by atoms with E-state index in [0.29, 0.717) is 13.0 Å². The fourth-order valence-electron chi connectivity index (χ4n) is 2.44. The Bertz CT molecular complexity index is 384. The molecule has 1 unspecified atom stereocenters. The molecule has 1 N–H and O–H groups in total. The molecular weight excluding hydrogens is 232 g/mol. The number of methoxy groups -OCH3 is 1. The number of ether oxygens (including phenoxy) is 1. The maximum atomic E-state index is 12.4. The molecule has 0 aromatic rings. The number of esters is 1. The molecule has 0 saturated carbocycles. The fourth-order valence-corrected chi connectivity index (χ4v) is 2.44. The number of likely N-dealkylation sites (tertiary alicyclic amines) is 1. The van der Waals surface area contributed by atoms with Crippen LogP contribution in [0.15, 0.2) is 11.1 Å². The zero-order valence-electron chi connectivity index (χ0n) is 11.0. The largest absolute Gasteiger partial charge is 0.467 e. The topological polar surface area (TPSA) is 58.6 Å². The van der Waals surface area contributed by atoms with Gasteiger partial charge in [-0.3, -0.25) is 4.79 Å². The van der Waals surface area contributed by atoms with Crippen molar-refractivity contribution in [3.05, 3.63) is 11.1 Å². The number of carbonyl (C=O) groups excluding carboxylic acids is 2. The third-order valence-corrected chi connectivity index (χ3v) is 3.76. The summed E-state index contributed by atoms with van der Waals surface area (Å²) < 4.78 is 4.79. The third-order valence-electron chi connectivity index (χ3n) is 3.76. The monoisotopic (exact) mass is 252 g/mol. The summed E-state index contributed by atoms with van der Waals surface area (Å²) in [6.07, 6.45) is 2.64. The van der Waals surface area contributed by atoms with E-state index in [1.54, 1.807) is 4.90 Å². The predicted molar refractivity (Wildman–Crippen MR) is 66.9 cm³/mol. The van der Waals surface area contributed by atoms with Crippen LogP contribution >= 0.6 is 0 Å². The van der Waals surface area contributed by atoms with Gasteiger partial charge in [0, 0.05) is 25.2 Å². The van der Waals surface area contributed by atoms with Gasteiger partial charge in [0.1, 0.15) is 6.04 Å². The van der Waals surface area contributed by atoms with E-state index in [4.69, 9.17) is 4.74 Å². The summed E-state index contributed by atoms with van der Waals surface area (Å²) in [7, 11) is 1.38. The average molecular weight is 252 g/mol. The van der Waals surface area contributed by atoms with E-state index in [1.807, 2.05) is 6.92 Å². The minimum absolute atomic E-state index is 0.0124. The zero-order chi connectivity index (χ0) is 13.1. The van der Waals surface area contributed by atoms with Gasteiger partial charge in [-0.25, -0.2) is 4.79 Å². The number of carbonyl (C=O) groups is 2. The van der Waals surface area contributed by atoms with Crippen molar-refractivity contribution >= 4 is 11.9 Å². The molecule has 2 aliphatic heterocycles. The Hall–Kier alpha value is -1.36. The van der Waals surface area contributed by atoms with Crippen LogP contribution in [0.25, 0.3) is 0 Å². The highest BCUT2D eigenvalue weighted by Gasteiger charge is 2.34. The van der Waals surface area contributed by atoms with Crippen LogP contribution < -0.4 is 5.32 Å². The molecule has 0 aromatic heterocycles. The van der Waals surface area contributed by atoms with Crippen molar-refractivity contribution in [3.63, 3.8) is 0 Å². The van der Waals surface area contributed by atoms with Crippen LogP contribution in [0.4, 0.5) is 0 Å². The van der Waals surface area contributed by atoms with Crippen molar-refractivity contribution in [1.29, 1.82) is 0 Å². The minimum Gasteiger partial charge on any atom is -0.467 e. The van der Waals surface area contributed by atoms with Crippen LogP contribution in [0.1, 0.15) is 26.2 Å². The maximum Gasteiger partial charge on any atom is 0.328 e. The summed E-state index contributed by atoms with van der Waals surface area (Å²) in [4.78, 5) is 25.8. The number of hydrogen-bond donors (Lipinski definition) is 1. The summed E-state index contributed by atoms with van der Waals surface area (Å²) >= 11 is 0. The van der Waals surface area contributed by atoms with Crippen molar-refractivity contribution in [2.45, 2.75) is 32.2 Å². The van der Waals surface area contributed by atoms with Crippen molar-refractivity contribution in [2.24, 2.45) is 0 Å². The van der Waals surface area contributed by atoms with Crippen LogP contribution in [-0.4, -0.2) is 49.6 Å². The van der Waals surface area contributed by atoms with E-state index in [-0.39, 0.29) is 11.9 Å². The lowest BCUT2D eigenvalue weighted by Crippen LogP contribution is -2.49. The number of piperidine rings is 1. The van der Waals surface area contributed by atoms with E-state index < -0.39 is 6.04 Å². The maximum absolute atomic E-state index is 12.4. The van der Waals surface area contributed by atoms with Gasteiger partial charge < -0.3 is 15.0 Å². The van der Waals surface area contributed by atoms with E-state index >= 15 is 0 Å². The van der Waals surface area contributed by atoms with Gasteiger partial charge in [0.15, 0.2) is 0 Å². The fraction of sp³-hybridized carbons (Fsp3) is 0.692. The molecule has 1 amide bonds. The molecule has 0 bridgehead atoms. The second-order valence-electron chi connectivity index (χ2n) is 4.87. The average Bonchev–Trinajstić information content (AvgIpc) is 2.34. The Morgan fingerprint density at radius 1 is 1.33 bits per heavy atom. The summed E-state index contributed by atoms with van der Waals surface area (Å²) in [6, 6.07) is -0.403. The van der Waals surface area contributed by atoms with Crippen molar-refractivity contribution < 1.29 is 14.3 Å². The molecule has 0 radical (unpaired) electrons. The molecule has 2 heterocycles. The van der Waals surface area contributed by atoms with Crippen molar-refractivity contribution in [2.75, 3.05) is 26.7 Å². The molecule has 18 heavy (non-hydrogen) atoms. The predicted octanol–water partition coefficient (Wildman–Crippen LogP) is 0.460. The first-order valence-electron chi connectivity index (χ1n) is 6.43. The number of rotatable bonds is 2. The lowest BCUT2D eigenvalue weighted by atomic mass is 9.98. The Labute approximate surface area is 107 Å². The third kappa shape index (κ3) is 2.41. The van der Waals surface area contributed by atoms with Gasteiger partial charge in [-0.15, -0.1) is 0 Å². The molecule has 2 saturated heterocycles. The van der Waals surface area contributed by atoms with Crippen LogP contribution in [0.2, 0.25) is 0 Å². The molecule has 0 aromatic carbocycles. The first-order valence-corrected chi connectivity index (χ1v) is 6.43. The van der Waals surface area contributed by atoms with Crippen molar-refractivity contribution in [1.82, 2.24) is 10.2 Å². The Kier molecular flexibility index (Phi) is 4.01. The number of nitrogens with zero attached hydrogens (tertiary/aromatic N) is 1.